The molecule has 3 aromatic heterocycles. The summed E-state index contributed by atoms with van der Waals surface area (Å²) < 4.78 is 18.4. The Kier molecular flexibility index (Phi) is 5.75. The van der Waals surface area contributed by atoms with E-state index in [0.717, 1.165) is 27.8 Å². The largest absolute Gasteiger partial charge is 0.324 e. The van der Waals surface area contributed by atoms with Gasteiger partial charge in [0.25, 0.3) is 0 Å². The van der Waals surface area contributed by atoms with Crippen molar-refractivity contribution in [2.75, 3.05) is 10.6 Å². The first-order chi connectivity index (χ1) is 17.2. The number of benzene rings is 2. The zero-order chi connectivity index (χ0) is 25.4. The molecular formula is C27H26FN7O. The van der Waals surface area contributed by atoms with Gasteiger partial charge in [0.15, 0.2) is 0 Å². The average Bonchev–Trinajstić information content (AvgIpc) is 3.45. The Morgan fingerprint density at radius 2 is 1.75 bits per heavy atom. The summed E-state index contributed by atoms with van der Waals surface area (Å²) >= 11 is 0. The maximum absolute atomic E-state index is 15.0. The van der Waals surface area contributed by atoms with Gasteiger partial charge in [0.2, 0.25) is 0 Å². The number of fused-ring (bicyclic) bond motifs is 1. The van der Waals surface area contributed by atoms with Gasteiger partial charge in [-0.3, -0.25) is 15.0 Å². The molecule has 2 N–H and O–H groups in total. The van der Waals surface area contributed by atoms with Gasteiger partial charge < -0.3 is 5.32 Å². The third-order valence-corrected chi connectivity index (χ3v) is 5.92. The predicted octanol–water partition coefficient (Wildman–Crippen LogP) is 5.90. The molecule has 182 valence electrons. The van der Waals surface area contributed by atoms with Gasteiger partial charge in [-0.25, -0.2) is 13.9 Å². The number of aromatic nitrogens is 5. The van der Waals surface area contributed by atoms with Gasteiger partial charge in [-0.2, -0.15) is 10.2 Å². The molecule has 0 bridgehead atoms. The molecule has 2 amide bonds. The molecule has 0 saturated heterocycles. The van der Waals surface area contributed by atoms with Gasteiger partial charge in [-0.05, 0) is 29.8 Å². The summed E-state index contributed by atoms with van der Waals surface area (Å²) in [7, 11) is 1.83. The fraction of sp³-hybridized carbons (Fsp3) is 0.185. The molecule has 0 atom stereocenters. The molecule has 0 radical (unpaired) electrons. The van der Waals surface area contributed by atoms with Gasteiger partial charge in [-0.1, -0.05) is 45.0 Å². The number of hydrogen-bond acceptors (Lipinski definition) is 4. The van der Waals surface area contributed by atoms with Crippen molar-refractivity contribution in [2.45, 2.75) is 26.2 Å². The Morgan fingerprint density at radius 1 is 0.972 bits per heavy atom. The molecule has 2 aromatic carbocycles. The third-order valence-electron chi connectivity index (χ3n) is 5.92. The molecule has 0 unspecified atom stereocenters. The molecule has 3 heterocycles. The highest BCUT2D eigenvalue weighted by molar-refractivity contribution is 6.00. The summed E-state index contributed by atoms with van der Waals surface area (Å²) in [6.45, 7) is 6.15. The Hall–Kier alpha value is -4.53. The summed E-state index contributed by atoms with van der Waals surface area (Å²) in [6.07, 6.45) is 5.12. The van der Waals surface area contributed by atoms with Gasteiger partial charge in [0.05, 0.1) is 35.0 Å². The van der Waals surface area contributed by atoms with Crippen LogP contribution in [0.1, 0.15) is 26.5 Å². The molecular weight excluding hydrogens is 457 g/mol. The van der Waals surface area contributed by atoms with E-state index in [0.29, 0.717) is 11.4 Å². The van der Waals surface area contributed by atoms with E-state index in [1.54, 1.807) is 34.0 Å². The maximum Gasteiger partial charge on any atom is 0.324 e. The number of aryl methyl sites for hydroxylation is 1. The summed E-state index contributed by atoms with van der Waals surface area (Å²) in [5.74, 6) is -0.0783. The highest BCUT2D eigenvalue weighted by Crippen LogP contribution is 2.30. The number of hydrogen-bond donors (Lipinski definition) is 2. The number of amides is 2. The lowest BCUT2D eigenvalue weighted by Crippen LogP contribution is -2.22. The number of nitrogens with zero attached hydrogens (tertiary/aromatic N) is 5. The quantitative estimate of drug-likeness (QED) is 0.333. The Morgan fingerprint density at radius 3 is 2.47 bits per heavy atom. The first-order valence-corrected chi connectivity index (χ1v) is 11.5. The van der Waals surface area contributed by atoms with E-state index in [4.69, 9.17) is 0 Å². The minimum absolute atomic E-state index is 0.0596. The highest BCUT2D eigenvalue weighted by Gasteiger charge is 2.22. The molecule has 0 spiro atoms. The summed E-state index contributed by atoms with van der Waals surface area (Å²) in [5, 5.41) is 15.2. The minimum Gasteiger partial charge on any atom is -0.305 e. The second-order valence-electron chi connectivity index (χ2n) is 9.57. The highest BCUT2D eigenvalue weighted by atomic mass is 19.1. The van der Waals surface area contributed by atoms with Gasteiger partial charge in [0.1, 0.15) is 11.6 Å². The average molecular weight is 484 g/mol. The van der Waals surface area contributed by atoms with Crippen LogP contribution in [0.25, 0.3) is 27.7 Å². The van der Waals surface area contributed by atoms with Crippen molar-refractivity contribution in [3.63, 3.8) is 0 Å². The van der Waals surface area contributed by atoms with Crippen LogP contribution in [-0.4, -0.2) is 30.6 Å². The molecule has 0 aliphatic carbocycles. The van der Waals surface area contributed by atoms with Crippen molar-refractivity contribution < 1.29 is 9.18 Å². The second-order valence-corrected chi connectivity index (χ2v) is 9.57. The summed E-state index contributed by atoms with van der Waals surface area (Å²) in [6, 6.07) is 15.4. The number of rotatable bonds is 4. The number of carbonyl (C=O) groups is 1. The number of halogens is 1. The topological polar surface area (TPSA) is 89.7 Å². The lowest BCUT2D eigenvalue weighted by Gasteiger charge is -2.14. The molecule has 0 aliphatic rings. The van der Waals surface area contributed by atoms with Gasteiger partial charge in [0, 0.05) is 35.7 Å². The first-order valence-electron chi connectivity index (χ1n) is 11.5. The van der Waals surface area contributed by atoms with E-state index in [2.05, 4.69) is 25.8 Å². The van der Waals surface area contributed by atoms with Crippen LogP contribution in [-0.2, 0) is 12.5 Å². The van der Waals surface area contributed by atoms with Crippen molar-refractivity contribution >= 4 is 28.4 Å². The van der Waals surface area contributed by atoms with Crippen LogP contribution in [0.5, 0.6) is 0 Å². The normalized spacial score (nSPS) is 11.6. The number of urea groups is 1. The predicted molar refractivity (Wildman–Crippen MR) is 139 cm³/mol. The number of pyridine rings is 1. The third kappa shape index (κ3) is 4.43. The van der Waals surface area contributed by atoms with Gasteiger partial charge >= 0.3 is 6.03 Å². The molecule has 0 aliphatic heterocycles. The lowest BCUT2D eigenvalue weighted by molar-refractivity contribution is 0.262. The fourth-order valence-corrected chi connectivity index (χ4v) is 3.95. The van der Waals surface area contributed by atoms with Gasteiger partial charge in [-0.15, -0.1) is 0 Å². The van der Waals surface area contributed by atoms with E-state index < -0.39 is 11.8 Å². The van der Waals surface area contributed by atoms with Crippen LogP contribution >= 0.6 is 0 Å². The minimum atomic E-state index is -0.574. The van der Waals surface area contributed by atoms with Crippen molar-refractivity contribution in [3.05, 3.63) is 84.7 Å². The monoisotopic (exact) mass is 483 g/mol. The Balaban J connectivity index is 1.40. The van der Waals surface area contributed by atoms with Crippen LogP contribution in [0.3, 0.4) is 0 Å². The second kappa shape index (κ2) is 8.92. The Labute approximate surface area is 207 Å². The zero-order valence-electron chi connectivity index (χ0n) is 20.5. The molecule has 8 nitrogen and oxygen atoms in total. The first kappa shape index (κ1) is 23.2. The van der Waals surface area contributed by atoms with Crippen molar-refractivity contribution in [3.8, 4) is 16.8 Å². The molecule has 5 aromatic rings. The van der Waals surface area contributed by atoms with E-state index in [1.807, 2.05) is 64.2 Å². The van der Waals surface area contributed by atoms with Crippen molar-refractivity contribution in [2.24, 2.45) is 7.05 Å². The number of anilines is 2. The molecule has 9 heteroatoms. The van der Waals surface area contributed by atoms with E-state index in [-0.39, 0.29) is 11.1 Å². The summed E-state index contributed by atoms with van der Waals surface area (Å²) in [5.41, 5.74) is 3.70. The van der Waals surface area contributed by atoms with Crippen LogP contribution in [0.2, 0.25) is 0 Å². The van der Waals surface area contributed by atoms with Crippen molar-refractivity contribution in [1.29, 1.82) is 0 Å². The SMILES string of the molecule is Cn1ncc2c(-c3ccc(NC(=O)Nc4cc(C(C)(C)C)nn4-c4ccccc4)c(F)c3)cncc21. The standard InChI is InChI=1S/C27H26FN7O/c1-27(2,3)24-13-25(35(33-24)18-8-6-5-7-9-18)32-26(36)31-22-11-10-17(12-21(22)28)19-14-29-16-23-20(19)15-30-34(23)4/h5-16H,1-4H3,(H2,31,32,36). The molecule has 0 saturated carbocycles. The number of para-hydroxylation sites is 1. The van der Waals surface area contributed by atoms with Crippen LogP contribution in [0, 0.1) is 5.82 Å². The number of carbonyl (C=O) groups excluding carboxylic acids is 1. The molecule has 5 rings (SSSR count). The Bertz CT molecular complexity index is 1560. The number of nitrogens with one attached hydrogen (secondary N) is 2. The van der Waals surface area contributed by atoms with Crippen LogP contribution in [0.4, 0.5) is 20.7 Å². The summed E-state index contributed by atoms with van der Waals surface area (Å²) in [4.78, 5) is 17.1. The van der Waals surface area contributed by atoms with Crippen LogP contribution in [0.15, 0.2) is 73.2 Å². The maximum atomic E-state index is 15.0. The lowest BCUT2D eigenvalue weighted by atomic mass is 9.92. The fourth-order valence-electron chi connectivity index (χ4n) is 3.95. The van der Waals surface area contributed by atoms with E-state index in [1.165, 1.54) is 12.1 Å². The van der Waals surface area contributed by atoms with Crippen molar-refractivity contribution in [1.82, 2.24) is 24.5 Å². The zero-order valence-corrected chi connectivity index (χ0v) is 20.5. The van der Waals surface area contributed by atoms with Crippen LogP contribution < -0.4 is 10.6 Å². The van der Waals surface area contributed by atoms with E-state index >= 15 is 4.39 Å². The van der Waals surface area contributed by atoms with E-state index in [9.17, 15) is 4.79 Å². The molecule has 0 fully saturated rings. The smallest absolute Gasteiger partial charge is 0.305 e. The molecule has 36 heavy (non-hydrogen) atoms.